The van der Waals surface area contributed by atoms with E-state index in [9.17, 15) is 9.59 Å². The zero-order valence-electron chi connectivity index (χ0n) is 19.5. The highest BCUT2D eigenvalue weighted by Crippen LogP contribution is 2.31. The average Bonchev–Trinajstić information content (AvgIpc) is 3.27. The summed E-state index contributed by atoms with van der Waals surface area (Å²) in [6.07, 6.45) is 0. The monoisotopic (exact) mass is 483 g/mol. The van der Waals surface area contributed by atoms with Gasteiger partial charge in [0.05, 0.1) is 34.2 Å². The first kappa shape index (κ1) is 22.9. The normalized spacial score (nSPS) is 11.4. The maximum absolute atomic E-state index is 12.7. The van der Waals surface area contributed by atoms with E-state index in [0.717, 1.165) is 21.8 Å². The van der Waals surface area contributed by atoms with Crippen LogP contribution in [0.1, 0.15) is 18.3 Å². The number of carbonyl (C=O) groups is 1. The van der Waals surface area contributed by atoms with Crippen molar-refractivity contribution >= 4 is 44.1 Å². The lowest BCUT2D eigenvalue weighted by Gasteiger charge is -2.19. The van der Waals surface area contributed by atoms with Crippen molar-refractivity contribution in [2.45, 2.75) is 20.4 Å². The fourth-order valence-electron chi connectivity index (χ4n) is 3.96. The van der Waals surface area contributed by atoms with Crippen molar-refractivity contribution in [3.05, 3.63) is 88.5 Å². The minimum absolute atomic E-state index is 0.127. The molecule has 0 atom stereocenters. The summed E-state index contributed by atoms with van der Waals surface area (Å²) < 4.78 is 1.17. The topological polar surface area (TPSA) is 91.0 Å². The second-order valence-corrected chi connectivity index (χ2v) is 9.48. The largest absolute Gasteiger partial charge is 0.325 e. The third-order valence-corrected chi connectivity index (χ3v) is 6.88. The van der Waals surface area contributed by atoms with Gasteiger partial charge in [-0.1, -0.05) is 25.1 Å². The summed E-state index contributed by atoms with van der Waals surface area (Å²) in [6, 6.07) is 21.2. The van der Waals surface area contributed by atoms with E-state index < -0.39 is 0 Å². The van der Waals surface area contributed by atoms with Crippen molar-refractivity contribution in [1.29, 1.82) is 0 Å². The fraction of sp³-hybridized carbons (Fsp3) is 0.185. The lowest BCUT2D eigenvalue weighted by atomic mass is 10.2. The Morgan fingerprint density at radius 3 is 2.63 bits per heavy atom. The first-order valence-electron chi connectivity index (χ1n) is 11.5. The first-order chi connectivity index (χ1) is 17.0. The van der Waals surface area contributed by atoms with Gasteiger partial charge in [0.15, 0.2) is 0 Å². The highest BCUT2D eigenvalue weighted by Gasteiger charge is 2.13. The van der Waals surface area contributed by atoms with Crippen molar-refractivity contribution in [2.24, 2.45) is 0 Å². The third kappa shape index (κ3) is 5.13. The number of thiazole rings is 1. The smallest absolute Gasteiger partial charge is 0.258 e. The number of hydrogen-bond donors (Lipinski definition) is 2. The summed E-state index contributed by atoms with van der Waals surface area (Å²) in [6.45, 7) is 5.25. The van der Waals surface area contributed by atoms with Crippen molar-refractivity contribution in [3.8, 4) is 10.6 Å². The average molecular weight is 484 g/mol. The van der Waals surface area contributed by atoms with Gasteiger partial charge in [-0.25, -0.2) is 9.97 Å². The minimum atomic E-state index is -0.172. The zero-order valence-corrected chi connectivity index (χ0v) is 20.4. The molecule has 0 radical (unpaired) electrons. The second kappa shape index (κ2) is 9.77. The summed E-state index contributed by atoms with van der Waals surface area (Å²) in [5.74, 6) is 0.414. The van der Waals surface area contributed by atoms with Crippen LogP contribution in [0.15, 0.2) is 71.5 Å². The van der Waals surface area contributed by atoms with Gasteiger partial charge >= 0.3 is 0 Å². The molecule has 2 N–H and O–H groups in total. The molecular weight excluding hydrogens is 458 g/mol. The van der Waals surface area contributed by atoms with Gasteiger partial charge in [-0.3, -0.25) is 14.5 Å². The molecule has 0 fully saturated rings. The molecule has 0 unspecified atom stereocenters. The van der Waals surface area contributed by atoms with Crippen LogP contribution in [0.5, 0.6) is 0 Å². The number of H-pyrrole nitrogens is 1. The molecular formula is C27H25N5O2S. The molecule has 0 aliphatic heterocycles. The number of aromatic nitrogens is 3. The van der Waals surface area contributed by atoms with Crippen LogP contribution in [0, 0.1) is 6.92 Å². The summed E-state index contributed by atoms with van der Waals surface area (Å²) in [5, 5.41) is 4.47. The van der Waals surface area contributed by atoms with Gasteiger partial charge in [0, 0.05) is 11.3 Å². The molecule has 3 aromatic carbocycles. The number of anilines is 1. The SMILES string of the molecule is CCN(CC(=O)Nc1ccc(-c2nc3ccc(C)cc3s2)cc1)Cc1nc2ccccc2c(=O)[nH]1. The van der Waals surface area contributed by atoms with E-state index in [0.29, 0.717) is 29.8 Å². The molecule has 0 saturated heterocycles. The summed E-state index contributed by atoms with van der Waals surface area (Å²) in [4.78, 5) is 39.1. The number of aryl methyl sites for hydroxylation is 1. The Morgan fingerprint density at radius 2 is 1.83 bits per heavy atom. The van der Waals surface area contributed by atoms with E-state index >= 15 is 0 Å². The molecule has 0 saturated carbocycles. The van der Waals surface area contributed by atoms with Crippen LogP contribution in [-0.2, 0) is 11.3 Å². The van der Waals surface area contributed by atoms with Gasteiger partial charge in [0.25, 0.3) is 5.56 Å². The number of nitrogens with zero attached hydrogens (tertiary/aromatic N) is 3. The van der Waals surface area contributed by atoms with Gasteiger partial charge in [-0.05, 0) is 67.6 Å². The fourth-order valence-corrected chi connectivity index (χ4v) is 5.03. The number of benzene rings is 3. The maximum atomic E-state index is 12.7. The van der Waals surface area contributed by atoms with Crippen LogP contribution in [0.4, 0.5) is 5.69 Å². The molecule has 5 rings (SSSR count). The first-order valence-corrected chi connectivity index (χ1v) is 12.3. The number of likely N-dealkylation sites (N-methyl/N-ethyl adjacent to an activating group) is 1. The van der Waals surface area contributed by atoms with Crippen molar-refractivity contribution in [2.75, 3.05) is 18.4 Å². The molecule has 0 bridgehead atoms. The Morgan fingerprint density at radius 1 is 1.03 bits per heavy atom. The van der Waals surface area contributed by atoms with Crippen molar-refractivity contribution < 1.29 is 4.79 Å². The van der Waals surface area contributed by atoms with E-state index in [2.05, 4.69) is 34.3 Å². The molecule has 2 aromatic heterocycles. The standard InChI is InChI=1S/C27H25N5O2S/c1-3-32(15-24-29-21-7-5-4-6-20(21)26(34)31-24)16-25(33)28-19-11-9-18(10-12-19)27-30-22-13-8-17(2)14-23(22)35-27/h4-14H,3,15-16H2,1-2H3,(H,28,33)(H,29,31,34). The highest BCUT2D eigenvalue weighted by molar-refractivity contribution is 7.21. The van der Waals surface area contributed by atoms with Gasteiger partial charge in [-0.2, -0.15) is 0 Å². The Hall–Kier alpha value is -3.88. The molecule has 8 heteroatoms. The van der Waals surface area contributed by atoms with E-state index in [1.165, 1.54) is 10.3 Å². The molecule has 0 spiro atoms. The highest BCUT2D eigenvalue weighted by atomic mass is 32.1. The summed E-state index contributed by atoms with van der Waals surface area (Å²) >= 11 is 1.66. The molecule has 1 amide bonds. The molecule has 176 valence electrons. The predicted molar refractivity (Wildman–Crippen MR) is 142 cm³/mol. The van der Waals surface area contributed by atoms with Crippen LogP contribution in [0.25, 0.3) is 31.7 Å². The predicted octanol–water partition coefficient (Wildman–Crippen LogP) is 4.97. The third-order valence-electron chi connectivity index (χ3n) is 5.81. The van der Waals surface area contributed by atoms with Crippen LogP contribution < -0.4 is 10.9 Å². The zero-order chi connectivity index (χ0) is 24.4. The Balaban J connectivity index is 1.23. The van der Waals surface area contributed by atoms with Gasteiger partial charge in [0.2, 0.25) is 5.91 Å². The number of amides is 1. The van der Waals surface area contributed by atoms with Crippen molar-refractivity contribution in [1.82, 2.24) is 19.9 Å². The van der Waals surface area contributed by atoms with Crippen LogP contribution in [0.3, 0.4) is 0 Å². The second-order valence-electron chi connectivity index (χ2n) is 8.45. The van der Waals surface area contributed by atoms with Crippen LogP contribution >= 0.6 is 11.3 Å². The molecule has 7 nitrogen and oxygen atoms in total. The van der Waals surface area contributed by atoms with E-state index in [-0.39, 0.29) is 18.0 Å². The summed E-state index contributed by atoms with van der Waals surface area (Å²) in [5.41, 5.74) is 4.43. The van der Waals surface area contributed by atoms with E-state index in [4.69, 9.17) is 4.98 Å². The number of fused-ring (bicyclic) bond motifs is 2. The molecule has 0 aliphatic rings. The van der Waals surface area contributed by atoms with Gasteiger partial charge in [-0.15, -0.1) is 11.3 Å². The molecule has 35 heavy (non-hydrogen) atoms. The van der Waals surface area contributed by atoms with Gasteiger partial charge in [0.1, 0.15) is 10.8 Å². The Kier molecular flexibility index (Phi) is 6.39. The number of para-hydroxylation sites is 1. The van der Waals surface area contributed by atoms with E-state index in [1.807, 2.05) is 60.4 Å². The number of nitrogens with one attached hydrogen (secondary N) is 2. The van der Waals surface area contributed by atoms with Crippen LogP contribution in [0.2, 0.25) is 0 Å². The van der Waals surface area contributed by atoms with Crippen LogP contribution in [-0.4, -0.2) is 38.8 Å². The number of aromatic amines is 1. The molecule has 2 heterocycles. The summed E-state index contributed by atoms with van der Waals surface area (Å²) in [7, 11) is 0. The number of rotatable bonds is 7. The maximum Gasteiger partial charge on any atom is 0.258 e. The van der Waals surface area contributed by atoms with Gasteiger partial charge < -0.3 is 10.3 Å². The molecule has 0 aliphatic carbocycles. The Labute approximate surface area is 206 Å². The lowest BCUT2D eigenvalue weighted by molar-refractivity contribution is -0.117. The lowest BCUT2D eigenvalue weighted by Crippen LogP contribution is -2.33. The molecule has 5 aromatic rings. The number of hydrogen-bond acceptors (Lipinski definition) is 6. The van der Waals surface area contributed by atoms with E-state index in [1.54, 1.807) is 17.4 Å². The number of carbonyl (C=O) groups excluding carboxylic acids is 1. The quantitative estimate of drug-likeness (QED) is 0.341. The van der Waals surface area contributed by atoms with Crippen molar-refractivity contribution in [3.63, 3.8) is 0 Å². The Bertz CT molecular complexity index is 1570. The minimum Gasteiger partial charge on any atom is -0.325 e.